The van der Waals surface area contributed by atoms with Gasteiger partial charge in [-0.25, -0.2) is 3.97 Å². The van der Waals surface area contributed by atoms with Crippen LogP contribution in [0.3, 0.4) is 0 Å². The molecule has 11 heteroatoms. The van der Waals surface area contributed by atoms with Gasteiger partial charge in [0, 0.05) is 19.6 Å². The molecule has 0 bridgehead atoms. The Morgan fingerprint density at radius 3 is 1.88 bits per heavy atom. The summed E-state index contributed by atoms with van der Waals surface area (Å²) in [5.74, 6) is -1.33. The second-order valence-corrected chi connectivity index (χ2v) is 9.12. The summed E-state index contributed by atoms with van der Waals surface area (Å²) in [7, 11) is 0. The van der Waals surface area contributed by atoms with E-state index < -0.39 is 23.3 Å². The molecule has 0 radical (unpaired) electrons. The number of aromatic nitrogens is 2. The average Bonchev–Trinajstić information content (AvgIpc) is 2.81. The number of thiol groups is 1. The van der Waals surface area contributed by atoms with Gasteiger partial charge in [-0.3, -0.25) is 28.8 Å². The lowest BCUT2D eigenvalue weighted by Gasteiger charge is -2.36. The Morgan fingerprint density at radius 1 is 0.882 bits per heavy atom. The van der Waals surface area contributed by atoms with Crippen molar-refractivity contribution >= 4 is 60.3 Å². The summed E-state index contributed by atoms with van der Waals surface area (Å²) in [6, 6.07) is 0. The SMILES string of the molecule is CCCCN1C(=O)C(=CC=Cc2c(O)n(S)c(=S)n(CCCC)c2=O)C(=O)N(CCCC)C1=S. The van der Waals surface area contributed by atoms with Gasteiger partial charge in [-0.2, -0.15) is 0 Å². The highest BCUT2D eigenvalue weighted by Gasteiger charge is 2.38. The maximum atomic E-state index is 13.1. The third kappa shape index (κ3) is 6.05. The van der Waals surface area contributed by atoms with Crippen molar-refractivity contribution in [3.05, 3.63) is 38.4 Å². The second kappa shape index (κ2) is 13.0. The normalized spacial score (nSPS) is 14.6. The number of aromatic hydroxyl groups is 1. The van der Waals surface area contributed by atoms with Gasteiger partial charge >= 0.3 is 0 Å². The van der Waals surface area contributed by atoms with E-state index in [-0.39, 0.29) is 21.0 Å². The zero-order chi connectivity index (χ0) is 25.4. The van der Waals surface area contributed by atoms with Gasteiger partial charge in [-0.1, -0.05) is 58.9 Å². The van der Waals surface area contributed by atoms with Crippen LogP contribution in [0.4, 0.5) is 0 Å². The minimum atomic E-state index is -0.465. The maximum absolute atomic E-state index is 13.1. The van der Waals surface area contributed by atoms with E-state index >= 15 is 0 Å². The molecule has 0 aromatic carbocycles. The zero-order valence-electron chi connectivity index (χ0n) is 19.8. The van der Waals surface area contributed by atoms with E-state index in [0.29, 0.717) is 19.6 Å². The first-order valence-corrected chi connectivity index (χ1v) is 12.8. The molecule has 1 N–H and O–H groups in total. The lowest BCUT2D eigenvalue weighted by molar-refractivity contribution is -0.133. The average molecular weight is 525 g/mol. The molecular formula is C23H32N4O4S3. The fraction of sp³-hybridized carbons (Fsp3) is 0.522. The minimum absolute atomic E-state index is 0.0338. The molecule has 0 aliphatic carbocycles. The summed E-state index contributed by atoms with van der Waals surface area (Å²) in [5, 5.41) is 10.7. The van der Waals surface area contributed by atoms with E-state index in [1.807, 2.05) is 20.8 Å². The van der Waals surface area contributed by atoms with Crippen molar-refractivity contribution in [3.8, 4) is 5.88 Å². The van der Waals surface area contributed by atoms with Crippen LogP contribution in [0, 0.1) is 4.77 Å². The molecule has 2 rings (SSSR count). The number of rotatable bonds is 11. The minimum Gasteiger partial charge on any atom is -0.493 e. The molecule has 2 heterocycles. The molecule has 0 atom stereocenters. The molecule has 186 valence electrons. The quantitative estimate of drug-likeness (QED) is 0.196. The van der Waals surface area contributed by atoms with E-state index in [2.05, 4.69) is 12.8 Å². The molecule has 8 nitrogen and oxygen atoms in total. The predicted molar refractivity (Wildman–Crippen MR) is 143 cm³/mol. The van der Waals surface area contributed by atoms with Crippen molar-refractivity contribution < 1.29 is 14.7 Å². The fourth-order valence-corrected chi connectivity index (χ4v) is 4.24. The third-order valence-corrected chi connectivity index (χ3v) is 6.83. The number of allylic oxidation sites excluding steroid dienone is 2. The highest BCUT2D eigenvalue weighted by molar-refractivity contribution is 7.80. The van der Waals surface area contributed by atoms with Crippen LogP contribution in [-0.4, -0.2) is 53.5 Å². The van der Waals surface area contributed by atoms with Gasteiger partial charge < -0.3 is 5.11 Å². The first kappa shape index (κ1) is 28.0. The number of thiocarbonyl (C=S) groups is 1. The predicted octanol–water partition coefficient (Wildman–Crippen LogP) is 4.07. The molecule has 1 aliphatic rings. The Balaban J connectivity index is 2.48. The van der Waals surface area contributed by atoms with Crippen LogP contribution >= 0.6 is 37.3 Å². The Labute approximate surface area is 216 Å². The van der Waals surface area contributed by atoms with Crippen LogP contribution in [-0.2, 0) is 16.1 Å². The number of hydrogen-bond donors (Lipinski definition) is 2. The molecule has 1 fully saturated rings. The van der Waals surface area contributed by atoms with Crippen LogP contribution in [0.2, 0.25) is 0 Å². The monoisotopic (exact) mass is 524 g/mol. The zero-order valence-corrected chi connectivity index (χ0v) is 22.3. The molecule has 0 spiro atoms. The van der Waals surface area contributed by atoms with Gasteiger partial charge in [0.1, 0.15) is 11.1 Å². The van der Waals surface area contributed by atoms with E-state index in [0.717, 1.165) is 42.5 Å². The topological polar surface area (TPSA) is 87.8 Å². The smallest absolute Gasteiger partial charge is 0.265 e. The van der Waals surface area contributed by atoms with Crippen LogP contribution in [0.1, 0.15) is 64.9 Å². The number of amides is 2. The van der Waals surface area contributed by atoms with Gasteiger partial charge in [0.05, 0.1) is 0 Å². The Kier molecular flexibility index (Phi) is 10.7. The Hall–Kier alpha value is -2.24. The third-order valence-electron chi connectivity index (χ3n) is 5.47. The number of carbonyl (C=O) groups is 2. The van der Waals surface area contributed by atoms with Gasteiger partial charge in [0.25, 0.3) is 17.4 Å². The standard InChI is InChI=1S/C23H32N4O4S3/c1-4-7-13-24-18(28)16(19(29)25(22(24)32)14-8-5-2)11-10-12-17-20(30)26(15-9-6-3)23(33)27(34)21(17)31/h10-12,31,34H,4-9,13-15H2,1-3H3. The van der Waals surface area contributed by atoms with E-state index in [4.69, 9.17) is 24.4 Å². The van der Waals surface area contributed by atoms with E-state index in [1.54, 1.807) is 0 Å². The van der Waals surface area contributed by atoms with Crippen molar-refractivity contribution in [2.75, 3.05) is 13.1 Å². The Bertz CT molecular complexity index is 1090. The number of carbonyl (C=O) groups excluding carboxylic acids is 2. The number of unbranched alkanes of at least 4 members (excludes halogenated alkanes) is 3. The van der Waals surface area contributed by atoms with Gasteiger partial charge in [0.15, 0.2) is 9.88 Å². The van der Waals surface area contributed by atoms with E-state index in [9.17, 15) is 19.5 Å². The van der Waals surface area contributed by atoms with Crippen molar-refractivity contribution in [1.82, 2.24) is 18.3 Å². The molecule has 1 aromatic rings. The summed E-state index contributed by atoms with van der Waals surface area (Å²) >= 11 is 14.9. The summed E-state index contributed by atoms with van der Waals surface area (Å²) in [5.41, 5.74) is -0.539. The maximum Gasteiger partial charge on any atom is 0.265 e. The molecule has 1 aliphatic heterocycles. The summed E-state index contributed by atoms with van der Waals surface area (Å²) in [6.07, 6.45) is 8.99. The second-order valence-electron chi connectivity index (χ2n) is 7.98. The van der Waals surface area contributed by atoms with Crippen molar-refractivity contribution in [2.24, 2.45) is 0 Å². The first-order valence-electron chi connectivity index (χ1n) is 11.5. The highest BCUT2D eigenvalue weighted by Crippen LogP contribution is 2.21. The molecule has 2 amide bonds. The van der Waals surface area contributed by atoms with Crippen molar-refractivity contribution in [1.29, 1.82) is 0 Å². The lowest BCUT2D eigenvalue weighted by atomic mass is 10.1. The summed E-state index contributed by atoms with van der Waals surface area (Å²) in [4.78, 5) is 42.0. The van der Waals surface area contributed by atoms with Crippen LogP contribution in [0.5, 0.6) is 5.88 Å². The van der Waals surface area contributed by atoms with Crippen molar-refractivity contribution in [2.45, 2.75) is 65.8 Å². The summed E-state index contributed by atoms with van der Waals surface area (Å²) < 4.78 is 2.53. The Morgan fingerprint density at radius 2 is 1.38 bits per heavy atom. The fourth-order valence-electron chi connectivity index (χ4n) is 3.42. The lowest BCUT2D eigenvalue weighted by Crippen LogP contribution is -2.56. The largest absolute Gasteiger partial charge is 0.493 e. The van der Waals surface area contributed by atoms with Crippen LogP contribution < -0.4 is 5.56 Å². The van der Waals surface area contributed by atoms with Gasteiger partial charge in [-0.05, 0) is 55.9 Å². The van der Waals surface area contributed by atoms with E-state index in [1.165, 1.54) is 32.6 Å². The van der Waals surface area contributed by atoms with Crippen LogP contribution in [0.15, 0.2) is 22.5 Å². The van der Waals surface area contributed by atoms with Gasteiger partial charge in [0.2, 0.25) is 5.88 Å². The first-order chi connectivity index (χ1) is 16.2. The van der Waals surface area contributed by atoms with Crippen LogP contribution in [0.25, 0.3) is 6.08 Å². The molecular weight excluding hydrogens is 492 g/mol. The number of hydrogen-bond acceptors (Lipinski definition) is 7. The molecule has 1 aromatic heterocycles. The molecule has 0 saturated carbocycles. The number of nitrogens with zero attached hydrogens (tertiary/aromatic N) is 4. The molecule has 34 heavy (non-hydrogen) atoms. The van der Waals surface area contributed by atoms with Crippen molar-refractivity contribution in [3.63, 3.8) is 0 Å². The summed E-state index contributed by atoms with van der Waals surface area (Å²) in [6.45, 7) is 7.26. The molecule has 0 unspecified atom stereocenters. The highest BCUT2D eigenvalue weighted by atomic mass is 32.1. The molecule has 1 saturated heterocycles. The van der Waals surface area contributed by atoms with Gasteiger partial charge in [-0.15, -0.1) is 0 Å².